The molecule has 2 atom stereocenters. The molecule has 2 heterocycles. The molecule has 0 spiro atoms. The standard InChI is InChI=1S/C21H23F3N6O/c1-31-19-9-8-17(30-13-27-28-29-30)11-15(19)12-26-18-3-2-10-25-20(18)14-4-6-16(7-5-14)21(22,23)24/h4-9,11,13,18,20,25-26H,2-3,10,12H2,1H3/t18-,20-/m1/s1. The van der Waals surface area contributed by atoms with Crippen LogP contribution in [0, 0.1) is 0 Å². The van der Waals surface area contributed by atoms with Crippen molar-refractivity contribution in [2.24, 2.45) is 0 Å². The van der Waals surface area contributed by atoms with Gasteiger partial charge in [0.1, 0.15) is 12.1 Å². The van der Waals surface area contributed by atoms with E-state index in [-0.39, 0.29) is 12.1 Å². The lowest BCUT2D eigenvalue weighted by atomic mass is 9.91. The quantitative estimate of drug-likeness (QED) is 0.623. The average Bonchev–Trinajstić information content (AvgIpc) is 3.32. The third kappa shape index (κ3) is 4.86. The Kier molecular flexibility index (Phi) is 6.19. The third-order valence-corrected chi connectivity index (χ3v) is 5.49. The second-order valence-corrected chi connectivity index (χ2v) is 7.43. The van der Waals surface area contributed by atoms with Crippen LogP contribution in [0.2, 0.25) is 0 Å². The van der Waals surface area contributed by atoms with Crippen LogP contribution in [0.3, 0.4) is 0 Å². The van der Waals surface area contributed by atoms with Crippen LogP contribution in [0.25, 0.3) is 5.69 Å². The molecule has 1 aliphatic rings. The second kappa shape index (κ2) is 9.03. The largest absolute Gasteiger partial charge is 0.496 e. The van der Waals surface area contributed by atoms with Crippen molar-refractivity contribution >= 4 is 0 Å². The number of halogens is 3. The van der Waals surface area contributed by atoms with E-state index in [4.69, 9.17) is 4.74 Å². The summed E-state index contributed by atoms with van der Waals surface area (Å²) in [4.78, 5) is 0. The average molecular weight is 432 g/mol. The summed E-state index contributed by atoms with van der Waals surface area (Å²) < 4.78 is 45.8. The first-order valence-corrected chi connectivity index (χ1v) is 10.00. The first kappa shape index (κ1) is 21.3. The van der Waals surface area contributed by atoms with E-state index in [0.29, 0.717) is 6.54 Å². The van der Waals surface area contributed by atoms with Gasteiger partial charge in [-0.2, -0.15) is 13.2 Å². The van der Waals surface area contributed by atoms with Crippen molar-refractivity contribution in [2.45, 2.75) is 37.6 Å². The SMILES string of the molecule is COc1ccc(-n2cnnn2)cc1CN[C@@H]1CCCN[C@@H]1c1ccc(C(F)(F)F)cc1. The molecule has 3 aromatic rings. The Hall–Kier alpha value is -2.98. The molecular weight excluding hydrogens is 409 g/mol. The van der Waals surface area contributed by atoms with E-state index < -0.39 is 11.7 Å². The fourth-order valence-corrected chi connectivity index (χ4v) is 3.90. The zero-order valence-corrected chi connectivity index (χ0v) is 16.9. The summed E-state index contributed by atoms with van der Waals surface area (Å²) in [5.41, 5.74) is 1.94. The summed E-state index contributed by atoms with van der Waals surface area (Å²) in [7, 11) is 1.61. The van der Waals surface area contributed by atoms with E-state index in [2.05, 4.69) is 26.2 Å². The Morgan fingerprint density at radius 1 is 1.19 bits per heavy atom. The van der Waals surface area contributed by atoms with Crippen LogP contribution in [0.5, 0.6) is 5.75 Å². The number of benzene rings is 2. The molecule has 0 aliphatic carbocycles. The molecule has 0 radical (unpaired) electrons. The molecule has 0 amide bonds. The van der Waals surface area contributed by atoms with Gasteiger partial charge >= 0.3 is 6.18 Å². The topological polar surface area (TPSA) is 76.9 Å². The van der Waals surface area contributed by atoms with Gasteiger partial charge in [0.05, 0.1) is 18.4 Å². The molecule has 1 aliphatic heterocycles. The highest BCUT2D eigenvalue weighted by atomic mass is 19.4. The van der Waals surface area contributed by atoms with Gasteiger partial charge < -0.3 is 15.4 Å². The lowest BCUT2D eigenvalue weighted by molar-refractivity contribution is -0.137. The molecule has 0 bridgehead atoms. The zero-order valence-electron chi connectivity index (χ0n) is 16.9. The van der Waals surface area contributed by atoms with Gasteiger partial charge in [0.15, 0.2) is 0 Å². The first-order chi connectivity index (χ1) is 15.0. The predicted octanol–water partition coefficient (Wildman–Crippen LogP) is 3.27. The Bertz CT molecular complexity index is 991. The summed E-state index contributed by atoms with van der Waals surface area (Å²) in [6, 6.07) is 11.1. The van der Waals surface area contributed by atoms with Crippen LogP contribution in [0.15, 0.2) is 48.8 Å². The van der Waals surface area contributed by atoms with Gasteiger partial charge in [0.25, 0.3) is 0 Å². The number of hydrogen-bond donors (Lipinski definition) is 2. The van der Waals surface area contributed by atoms with Gasteiger partial charge in [-0.05, 0) is 65.7 Å². The fourth-order valence-electron chi connectivity index (χ4n) is 3.90. The number of ether oxygens (including phenoxy) is 1. The molecule has 1 fully saturated rings. The summed E-state index contributed by atoms with van der Waals surface area (Å²) in [5.74, 6) is 0.735. The van der Waals surface area contributed by atoms with Crippen molar-refractivity contribution in [3.63, 3.8) is 0 Å². The van der Waals surface area contributed by atoms with Crippen LogP contribution >= 0.6 is 0 Å². The van der Waals surface area contributed by atoms with E-state index in [1.807, 2.05) is 18.2 Å². The summed E-state index contributed by atoms with van der Waals surface area (Å²) in [6.07, 6.45) is -0.924. The number of aromatic nitrogens is 4. The van der Waals surface area contributed by atoms with E-state index in [1.165, 1.54) is 6.33 Å². The number of methoxy groups -OCH3 is 1. The maximum absolute atomic E-state index is 12.9. The Balaban J connectivity index is 1.51. The van der Waals surface area contributed by atoms with E-state index in [0.717, 1.165) is 54.1 Å². The molecule has 1 aromatic heterocycles. The van der Waals surface area contributed by atoms with Crippen molar-refractivity contribution in [1.82, 2.24) is 30.8 Å². The normalized spacial score (nSPS) is 19.4. The van der Waals surface area contributed by atoms with Crippen LogP contribution in [0.4, 0.5) is 13.2 Å². The lowest BCUT2D eigenvalue weighted by Gasteiger charge is -2.34. The molecule has 1 saturated heterocycles. The van der Waals surface area contributed by atoms with E-state index in [9.17, 15) is 13.2 Å². The highest BCUT2D eigenvalue weighted by Gasteiger charge is 2.31. The molecular formula is C21H23F3N6O. The molecule has 164 valence electrons. The minimum Gasteiger partial charge on any atom is -0.496 e. The molecule has 2 aromatic carbocycles. The third-order valence-electron chi connectivity index (χ3n) is 5.49. The second-order valence-electron chi connectivity index (χ2n) is 7.43. The van der Waals surface area contributed by atoms with Crippen LogP contribution in [-0.2, 0) is 12.7 Å². The molecule has 0 unspecified atom stereocenters. The first-order valence-electron chi connectivity index (χ1n) is 10.00. The number of hydrogen-bond acceptors (Lipinski definition) is 6. The number of piperidine rings is 1. The van der Waals surface area contributed by atoms with Crippen LogP contribution in [0.1, 0.15) is 35.6 Å². The Morgan fingerprint density at radius 3 is 2.68 bits per heavy atom. The molecule has 2 N–H and O–H groups in total. The zero-order chi connectivity index (χ0) is 21.8. The summed E-state index contributed by atoms with van der Waals surface area (Å²) in [6.45, 7) is 1.35. The highest BCUT2D eigenvalue weighted by molar-refractivity contribution is 5.43. The number of rotatable bonds is 6. The Morgan fingerprint density at radius 2 is 2.00 bits per heavy atom. The van der Waals surface area contributed by atoms with Gasteiger partial charge in [-0.1, -0.05) is 12.1 Å². The number of nitrogens with one attached hydrogen (secondary N) is 2. The molecule has 0 saturated carbocycles. The summed E-state index contributed by atoms with van der Waals surface area (Å²) in [5, 5.41) is 18.2. The number of nitrogens with zero attached hydrogens (tertiary/aromatic N) is 4. The molecule has 31 heavy (non-hydrogen) atoms. The van der Waals surface area contributed by atoms with Crippen LogP contribution < -0.4 is 15.4 Å². The minimum atomic E-state index is -4.34. The predicted molar refractivity (Wildman–Crippen MR) is 108 cm³/mol. The van der Waals surface area contributed by atoms with E-state index >= 15 is 0 Å². The molecule has 10 heteroatoms. The molecule has 7 nitrogen and oxygen atoms in total. The minimum absolute atomic E-state index is 0.0619. The van der Waals surface area contributed by atoms with Crippen molar-refractivity contribution in [3.8, 4) is 11.4 Å². The van der Waals surface area contributed by atoms with Crippen molar-refractivity contribution in [3.05, 3.63) is 65.5 Å². The van der Waals surface area contributed by atoms with Gasteiger partial charge in [-0.3, -0.25) is 0 Å². The number of tetrazole rings is 1. The number of alkyl halides is 3. The lowest BCUT2D eigenvalue weighted by Crippen LogP contribution is -2.45. The molecule has 4 rings (SSSR count). The van der Waals surface area contributed by atoms with Crippen molar-refractivity contribution in [2.75, 3.05) is 13.7 Å². The monoisotopic (exact) mass is 432 g/mol. The van der Waals surface area contributed by atoms with Crippen LogP contribution in [-0.4, -0.2) is 39.9 Å². The highest BCUT2D eigenvalue weighted by Crippen LogP contribution is 2.31. The van der Waals surface area contributed by atoms with Crippen molar-refractivity contribution in [1.29, 1.82) is 0 Å². The van der Waals surface area contributed by atoms with Gasteiger partial charge in [0, 0.05) is 24.2 Å². The smallest absolute Gasteiger partial charge is 0.416 e. The maximum atomic E-state index is 12.9. The summed E-state index contributed by atoms with van der Waals surface area (Å²) >= 11 is 0. The fraction of sp³-hybridized carbons (Fsp3) is 0.381. The van der Waals surface area contributed by atoms with Gasteiger partial charge in [0.2, 0.25) is 0 Å². The van der Waals surface area contributed by atoms with Gasteiger partial charge in [-0.15, -0.1) is 5.10 Å². The Labute approximate surface area is 177 Å². The van der Waals surface area contributed by atoms with Gasteiger partial charge in [-0.25, -0.2) is 4.68 Å². The maximum Gasteiger partial charge on any atom is 0.416 e. The van der Waals surface area contributed by atoms with E-state index in [1.54, 1.807) is 23.9 Å². The van der Waals surface area contributed by atoms with Crippen molar-refractivity contribution < 1.29 is 17.9 Å².